The van der Waals surface area contributed by atoms with E-state index in [1.807, 2.05) is 6.26 Å². The third-order valence-electron chi connectivity index (χ3n) is 5.37. The standard InChI is InChI=1S/C17H28N6S/c1-24-17-20-16-19-15-13(12-23(16)21-17)6-5-7-14(15)18-8-11-22-9-3-2-4-10-22/h14,18H,2-12H2,1H3,(H,19,20,21). The first-order valence-corrected chi connectivity index (χ1v) is 10.5. The van der Waals surface area contributed by atoms with Gasteiger partial charge in [0, 0.05) is 19.1 Å². The van der Waals surface area contributed by atoms with Crippen LogP contribution in [0.25, 0.3) is 0 Å². The van der Waals surface area contributed by atoms with Crippen molar-refractivity contribution in [2.24, 2.45) is 9.98 Å². The van der Waals surface area contributed by atoms with Gasteiger partial charge in [-0.3, -0.25) is 5.43 Å². The molecular formula is C17H28N6S. The van der Waals surface area contributed by atoms with Gasteiger partial charge in [-0.05, 0) is 57.0 Å². The van der Waals surface area contributed by atoms with E-state index in [4.69, 9.17) is 4.99 Å². The Bertz CT molecular complexity index is 563. The Balaban J connectivity index is 1.38. The minimum atomic E-state index is 0.404. The lowest BCUT2D eigenvalue weighted by Crippen LogP contribution is -2.45. The molecule has 24 heavy (non-hydrogen) atoms. The minimum Gasteiger partial charge on any atom is -0.307 e. The van der Waals surface area contributed by atoms with Crippen molar-refractivity contribution in [2.75, 3.05) is 39.0 Å². The zero-order valence-electron chi connectivity index (χ0n) is 14.6. The number of amidine groups is 1. The molecule has 4 rings (SSSR count). The molecule has 6 nitrogen and oxygen atoms in total. The smallest absolute Gasteiger partial charge is 0.247 e. The van der Waals surface area contributed by atoms with Gasteiger partial charge in [-0.15, -0.1) is 0 Å². The zero-order chi connectivity index (χ0) is 16.4. The Hall–Kier alpha value is -1.05. The zero-order valence-corrected chi connectivity index (χ0v) is 15.4. The third-order valence-corrected chi connectivity index (χ3v) is 5.94. The fraction of sp³-hybridized carbons (Fsp3) is 0.765. The molecule has 0 spiro atoms. The summed E-state index contributed by atoms with van der Waals surface area (Å²) in [7, 11) is 0. The van der Waals surface area contributed by atoms with Crippen LogP contribution in [0.15, 0.2) is 21.3 Å². The van der Waals surface area contributed by atoms with E-state index < -0.39 is 0 Å². The Morgan fingerprint density at radius 1 is 1.21 bits per heavy atom. The highest BCUT2D eigenvalue weighted by Gasteiger charge is 2.32. The number of hydrogen-bond acceptors (Lipinski definition) is 7. The lowest BCUT2D eigenvalue weighted by Gasteiger charge is -2.34. The van der Waals surface area contributed by atoms with E-state index in [0.29, 0.717) is 6.04 Å². The first kappa shape index (κ1) is 16.4. The molecule has 0 radical (unpaired) electrons. The van der Waals surface area contributed by atoms with Crippen molar-refractivity contribution >= 4 is 22.9 Å². The van der Waals surface area contributed by atoms with Gasteiger partial charge in [0.25, 0.3) is 0 Å². The summed E-state index contributed by atoms with van der Waals surface area (Å²) < 4.78 is 0. The molecule has 7 heteroatoms. The third kappa shape index (κ3) is 3.48. The normalized spacial score (nSPS) is 27.4. The summed E-state index contributed by atoms with van der Waals surface area (Å²) in [4.78, 5) is 12.1. The molecule has 4 aliphatic rings. The summed E-state index contributed by atoms with van der Waals surface area (Å²) in [6.45, 7) is 5.70. The summed E-state index contributed by atoms with van der Waals surface area (Å²) in [6.07, 6.45) is 9.81. The Morgan fingerprint density at radius 2 is 2.08 bits per heavy atom. The van der Waals surface area contributed by atoms with Crippen molar-refractivity contribution in [1.29, 1.82) is 0 Å². The largest absolute Gasteiger partial charge is 0.307 e. The molecule has 2 N–H and O–H groups in total. The molecule has 1 atom stereocenters. The second-order valence-corrected chi connectivity index (χ2v) is 7.82. The van der Waals surface area contributed by atoms with Gasteiger partial charge < -0.3 is 10.2 Å². The van der Waals surface area contributed by atoms with Crippen LogP contribution in [0, 0.1) is 0 Å². The van der Waals surface area contributed by atoms with E-state index in [0.717, 1.165) is 30.8 Å². The molecule has 3 heterocycles. The lowest BCUT2D eigenvalue weighted by atomic mass is 9.91. The molecule has 3 aliphatic heterocycles. The highest BCUT2D eigenvalue weighted by molar-refractivity contribution is 8.13. The van der Waals surface area contributed by atoms with Crippen LogP contribution >= 0.6 is 11.8 Å². The van der Waals surface area contributed by atoms with Crippen LogP contribution < -0.4 is 10.7 Å². The maximum absolute atomic E-state index is 4.89. The molecule has 0 amide bonds. The van der Waals surface area contributed by atoms with Crippen LogP contribution in [-0.4, -0.2) is 66.1 Å². The van der Waals surface area contributed by atoms with Crippen molar-refractivity contribution in [3.05, 3.63) is 11.3 Å². The molecule has 1 aliphatic carbocycles. The Kier molecular flexibility index (Phi) is 5.10. The fourth-order valence-corrected chi connectivity index (χ4v) is 4.43. The molecule has 0 saturated carbocycles. The first-order valence-electron chi connectivity index (χ1n) is 9.27. The highest BCUT2D eigenvalue weighted by atomic mass is 32.2. The molecular weight excluding hydrogens is 320 g/mol. The van der Waals surface area contributed by atoms with E-state index in [2.05, 4.69) is 25.6 Å². The number of aliphatic imine (C=N–C) groups is 2. The molecule has 132 valence electrons. The van der Waals surface area contributed by atoms with Crippen LogP contribution in [0.1, 0.15) is 38.5 Å². The van der Waals surface area contributed by atoms with E-state index in [1.54, 1.807) is 11.8 Å². The second-order valence-electron chi connectivity index (χ2n) is 7.02. The summed E-state index contributed by atoms with van der Waals surface area (Å²) in [5.74, 6) is 0.836. The monoisotopic (exact) mass is 348 g/mol. The molecule has 0 aromatic rings. The number of guanidine groups is 1. The summed E-state index contributed by atoms with van der Waals surface area (Å²) >= 11 is 1.64. The van der Waals surface area contributed by atoms with Gasteiger partial charge in [-0.1, -0.05) is 18.2 Å². The highest BCUT2D eigenvalue weighted by Crippen LogP contribution is 2.31. The quantitative estimate of drug-likeness (QED) is 0.811. The number of piperidine rings is 1. The van der Waals surface area contributed by atoms with E-state index in [9.17, 15) is 0 Å². The topological polar surface area (TPSA) is 55.3 Å². The SMILES string of the molecule is CSC1=NC2=NC3=C(CCCC3NCCN3CCCCC3)CN2N1. The molecule has 1 saturated heterocycles. The Morgan fingerprint density at radius 3 is 2.92 bits per heavy atom. The van der Waals surface area contributed by atoms with Gasteiger partial charge in [-0.2, -0.15) is 4.99 Å². The maximum Gasteiger partial charge on any atom is 0.247 e. The van der Waals surface area contributed by atoms with Crippen LogP contribution in [0.3, 0.4) is 0 Å². The summed E-state index contributed by atoms with van der Waals surface area (Å²) in [5.41, 5.74) is 6.07. The molecule has 0 bridgehead atoms. The van der Waals surface area contributed by atoms with Crippen molar-refractivity contribution in [1.82, 2.24) is 20.7 Å². The number of thioether (sulfide) groups is 1. The van der Waals surface area contributed by atoms with Gasteiger partial charge in [-0.25, -0.2) is 10.0 Å². The maximum atomic E-state index is 4.89. The predicted molar refractivity (Wildman–Crippen MR) is 101 cm³/mol. The van der Waals surface area contributed by atoms with Crippen LogP contribution in [0.2, 0.25) is 0 Å². The van der Waals surface area contributed by atoms with Crippen molar-refractivity contribution < 1.29 is 0 Å². The van der Waals surface area contributed by atoms with Crippen molar-refractivity contribution in [2.45, 2.75) is 44.6 Å². The van der Waals surface area contributed by atoms with Gasteiger partial charge >= 0.3 is 0 Å². The van der Waals surface area contributed by atoms with Crippen LogP contribution in [0.5, 0.6) is 0 Å². The van der Waals surface area contributed by atoms with E-state index >= 15 is 0 Å². The Labute approximate surface area is 148 Å². The molecule has 1 unspecified atom stereocenters. The number of rotatable bonds is 4. The minimum absolute atomic E-state index is 0.404. The predicted octanol–water partition coefficient (Wildman–Crippen LogP) is 1.78. The first-order chi connectivity index (χ1) is 11.8. The average molecular weight is 349 g/mol. The number of likely N-dealkylation sites (tertiary alicyclic amines) is 1. The van der Waals surface area contributed by atoms with E-state index in [-0.39, 0.29) is 0 Å². The lowest BCUT2D eigenvalue weighted by molar-refractivity contribution is 0.226. The fourth-order valence-electron chi connectivity index (χ4n) is 4.05. The number of fused-ring (bicyclic) bond motifs is 1. The number of hydrazine groups is 1. The number of nitrogens with one attached hydrogen (secondary N) is 2. The van der Waals surface area contributed by atoms with Gasteiger partial charge in [0.15, 0.2) is 5.17 Å². The van der Waals surface area contributed by atoms with Crippen molar-refractivity contribution in [3.63, 3.8) is 0 Å². The molecule has 0 aromatic heterocycles. The summed E-state index contributed by atoms with van der Waals surface area (Å²) in [6, 6.07) is 0.404. The molecule has 1 fully saturated rings. The summed E-state index contributed by atoms with van der Waals surface area (Å²) in [5, 5.41) is 6.81. The average Bonchev–Trinajstić information content (AvgIpc) is 3.03. The van der Waals surface area contributed by atoms with E-state index in [1.165, 1.54) is 62.9 Å². The molecule has 0 aromatic carbocycles. The van der Waals surface area contributed by atoms with Crippen LogP contribution in [-0.2, 0) is 0 Å². The van der Waals surface area contributed by atoms with Gasteiger partial charge in [0.05, 0.1) is 12.2 Å². The van der Waals surface area contributed by atoms with Crippen molar-refractivity contribution in [3.8, 4) is 0 Å². The van der Waals surface area contributed by atoms with Gasteiger partial charge in [0.2, 0.25) is 5.96 Å². The number of nitrogens with zero attached hydrogens (tertiary/aromatic N) is 4. The van der Waals surface area contributed by atoms with Crippen LogP contribution in [0.4, 0.5) is 0 Å². The van der Waals surface area contributed by atoms with Gasteiger partial charge in [0.1, 0.15) is 0 Å². The second kappa shape index (κ2) is 7.45. The number of hydrogen-bond donors (Lipinski definition) is 2.